The van der Waals surface area contributed by atoms with Gasteiger partial charge in [-0.15, -0.1) is 0 Å². The van der Waals surface area contributed by atoms with Crippen LogP contribution in [0.1, 0.15) is 0 Å². The fourth-order valence-corrected chi connectivity index (χ4v) is 4.96. The van der Waals surface area contributed by atoms with Crippen molar-refractivity contribution in [3.05, 3.63) is 87.9 Å². The molecule has 9 nitrogen and oxygen atoms in total. The van der Waals surface area contributed by atoms with Crippen molar-refractivity contribution in [3.8, 4) is 0 Å². The molecule has 0 fully saturated rings. The van der Waals surface area contributed by atoms with Crippen LogP contribution in [0.25, 0.3) is 0 Å². The van der Waals surface area contributed by atoms with Gasteiger partial charge >= 0.3 is 0 Å². The van der Waals surface area contributed by atoms with E-state index in [0.29, 0.717) is 5.02 Å². The Morgan fingerprint density at radius 1 is 0.767 bits per heavy atom. The Labute approximate surface area is 177 Å². The first kappa shape index (κ1) is 21.6. The number of para-hydroxylation sites is 1. The molecule has 0 amide bonds. The van der Waals surface area contributed by atoms with E-state index in [4.69, 9.17) is 11.6 Å². The molecule has 0 aliphatic rings. The Hall–Kier alpha value is -3.15. The van der Waals surface area contributed by atoms with Crippen molar-refractivity contribution < 1.29 is 21.8 Å². The van der Waals surface area contributed by atoms with E-state index in [-0.39, 0.29) is 16.3 Å². The van der Waals surface area contributed by atoms with Gasteiger partial charge in [-0.3, -0.25) is 19.6 Å². The second kappa shape index (κ2) is 8.30. The van der Waals surface area contributed by atoms with Crippen LogP contribution in [0.5, 0.6) is 0 Å². The largest absolute Gasteiger partial charge is 0.289 e. The lowest BCUT2D eigenvalue weighted by Crippen LogP contribution is -2.16. The standard InChI is InChI=1S/C18H14ClN3O6S2/c19-13-8-10-14(11-9-13)20-29(25,26)16-5-3-4-15(12-16)21-30(27,28)18-7-2-1-6-17(18)22(23)24/h1-12,20-21H. The van der Waals surface area contributed by atoms with E-state index in [9.17, 15) is 26.9 Å². The second-order valence-corrected chi connectivity index (χ2v) is 9.74. The molecule has 0 heterocycles. The monoisotopic (exact) mass is 467 g/mol. The molecule has 0 aliphatic carbocycles. The van der Waals surface area contributed by atoms with Gasteiger partial charge in [0.1, 0.15) is 0 Å². The number of hydrogen-bond acceptors (Lipinski definition) is 6. The molecule has 0 atom stereocenters. The average Bonchev–Trinajstić information content (AvgIpc) is 2.69. The highest BCUT2D eigenvalue weighted by molar-refractivity contribution is 7.93. The van der Waals surface area contributed by atoms with Crippen LogP contribution < -0.4 is 9.44 Å². The van der Waals surface area contributed by atoms with Crippen molar-refractivity contribution in [2.45, 2.75) is 9.79 Å². The third-order valence-electron chi connectivity index (χ3n) is 3.84. The summed E-state index contributed by atoms with van der Waals surface area (Å²) in [7, 11) is -8.36. The van der Waals surface area contributed by atoms with Crippen LogP contribution in [0.3, 0.4) is 0 Å². The van der Waals surface area contributed by atoms with E-state index in [1.807, 2.05) is 0 Å². The van der Waals surface area contributed by atoms with Crippen LogP contribution in [0.2, 0.25) is 5.02 Å². The Morgan fingerprint density at radius 3 is 2.07 bits per heavy atom. The van der Waals surface area contributed by atoms with Gasteiger partial charge in [-0.25, -0.2) is 16.8 Å². The number of hydrogen-bond donors (Lipinski definition) is 2. The highest BCUT2D eigenvalue weighted by atomic mass is 35.5. The molecule has 12 heteroatoms. The Kier molecular flexibility index (Phi) is 5.97. The van der Waals surface area contributed by atoms with Crippen LogP contribution >= 0.6 is 11.6 Å². The van der Waals surface area contributed by atoms with Crippen LogP contribution in [0.4, 0.5) is 17.1 Å². The minimum absolute atomic E-state index is 0.0767. The van der Waals surface area contributed by atoms with E-state index in [1.54, 1.807) is 0 Å². The van der Waals surface area contributed by atoms with Crippen molar-refractivity contribution in [2.24, 2.45) is 0 Å². The van der Waals surface area contributed by atoms with Gasteiger partial charge < -0.3 is 0 Å². The van der Waals surface area contributed by atoms with Gasteiger partial charge in [0.25, 0.3) is 25.7 Å². The molecule has 3 aromatic rings. The topological polar surface area (TPSA) is 135 Å². The molecular weight excluding hydrogens is 454 g/mol. The van der Waals surface area contributed by atoms with E-state index >= 15 is 0 Å². The Bertz CT molecular complexity index is 1310. The summed E-state index contributed by atoms with van der Waals surface area (Å²) < 4.78 is 55.0. The zero-order valence-corrected chi connectivity index (χ0v) is 17.4. The normalized spacial score (nSPS) is 11.6. The summed E-state index contributed by atoms with van der Waals surface area (Å²) in [6.45, 7) is 0. The third-order valence-corrected chi connectivity index (χ3v) is 6.90. The highest BCUT2D eigenvalue weighted by Gasteiger charge is 2.25. The molecule has 0 saturated heterocycles. The first-order chi connectivity index (χ1) is 14.1. The van der Waals surface area contributed by atoms with Gasteiger partial charge in [-0.1, -0.05) is 29.8 Å². The number of nitrogens with one attached hydrogen (secondary N) is 2. The number of halogens is 1. The first-order valence-corrected chi connectivity index (χ1v) is 11.6. The SMILES string of the molecule is O=[N+]([O-])c1ccccc1S(=O)(=O)Nc1cccc(S(=O)(=O)Nc2ccc(Cl)cc2)c1. The maximum absolute atomic E-state index is 12.6. The lowest BCUT2D eigenvalue weighted by atomic mass is 10.3. The predicted octanol–water partition coefficient (Wildman–Crippen LogP) is 3.85. The molecule has 0 radical (unpaired) electrons. The van der Waals surface area contributed by atoms with E-state index < -0.39 is 35.6 Å². The lowest BCUT2D eigenvalue weighted by Gasteiger charge is -2.11. The number of benzene rings is 3. The lowest BCUT2D eigenvalue weighted by molar-refractivity contribution is -0.387. The number of nitro groups is 1. The van der Waals surface area contributed by atoms with Crippen molar-refractivity contribution in [3.63, 3.8) is 0 Å². The molecule has 0 unspecified atom stereocenters. The van der Waals surface area contributed by atoms with E-state index in [0.717, 1.165) is 18.2 Å². The maximum atomic E-state index is 12.6. The van der Waals surface area contributed by atoms with E-state index in [1.165, 1.54) is 54.6 Å². The zero-order valence-electron chi connectivity index (χ0n) is 15.0. The van der Waals surface area contributed by atoms with E-state index in [2.05, 4.69) is 9.44 Å². The molecular formula is C18H14ClN3O6S2. The molecule has 0 bridgehead atoms. The Morgan fingerprint density at radius 2 is 1.40 bits per heavy atom. The van der Waals surface area contributed by atoms with Crippen molar-refractivity contribution >= 4 is 48.7 Å². The summed E-state index contributed by atoms with van der Waals surface area (Å²) in [6.07, 6.45) is 0. The molecule has 156 valence electrons. The van der Waals surface area contributed by atoms with Crippen LogP contribution in [0.15, 0.2) is 82.6 Å². The summed E-state index contributed by atoms with van der Waals surface area (Å²) in [5.41, 5.74) is -0.407. The maximum Gasteiger partial charge on any atom is 0.289 e. The molecule has 0 aliphatic heterocycles. The number of sulfonamides is 2. The summed E-state index contributed by atoms with van der Waals surface area (Å²) in [4.78, 5) is 9.56. The van der Waals surface area contributed by atoms with Crippen LogP contribution in [-0.4, -0.2) is 21.8 Å². The number of anilines is 2. The van der Waals surface area contributed by atoms with Gasteiger partial charge in [-0.05, 0) is 48.5 Å². The number of nitrogens with zero attached hydrogens (tertiary/aromatic N) is 1. The summed E-state index contributed by atoms with van der Waals surface area (Å²) in [5, 5.41) is 11.6. The van der Waals surface area contributed by atoms with Crippen molar-refractivity contribution in [2.75, 3.05) is 9.44 Å². The van der Waals surface area contributed by atoms with Gasteiger partial charge in [0, 0.05) is 16.8 Å². The number of nitro benzene ring substituents is 1. The van der Waals surface area contributed by atoms with Crippen molar-refractivity contribution in [1.82, 2.24) is 0 Å². The van der Waals surface area contributed by atoms with Gasteiger partial charge in [-0.2, -0.15) is 0 Å². The van der Waals surface area contributed by atoms with Gasteiger partial charge in [0.2, 0.25) is 0 Å². The number of rotatable bonds is 7. The third kappa shape index (κ3) is 4.87. The average molecular weight is 468 g/mol. The fraction of sp³-hybridized carbons (Fsp3) is 0. The molecule has 3 rings (SSSR count). The molecule has 0 spiro atoms. The molecule has 2 N–H and O–H groups in total. The van der Waals surface area contributed by atoms with Crippen molar-refractivity contribution in [1.29, 1.82) is 0 Å². The van der Waals surface area contributed by atoms with Gasteiger partial charge in [0.15, 0.2) is 4.90 Å². The zero-order chi connectivity index (χ0) is 21.9. The highest BCUT2D eigenvalue weighted by Crippen LogP contribution is 2.26. The van der Waals surface area contributed by atoms with Gasteiger partial charge in [0.05, 0.1) is 15.5 Å². The summed E-state index contributed by atoms with van der Waals surface area (Å²) in [6, 6.07) is 15.8. The second-order valence-electron chi connectivity index (χ2n) is 5.97. The molecule has 0 aromatic heterocycles. The van der Waals surface area contributed by atoms with Crippen LogP contribution in [-0.2, 0) is 20.0 Å². The summed E-state index contributed by atoms with van der Waals surface area (Å²) in [5.74, 6) is 0. The fourth-order valence-electron chi connectivity index (χ4n) is 2.50. The minimum Gasteiger partial charge on any atom is -0.280 e. The predicted molar refractivity (Wildman–Crippen MR) is 113 cm³/mol. The first-order valence-electron chi connectivity index (χ1n) is 8.23. The summed E-state index contributed by atoms with van der Waals surface area (Å²) >= 11 is 5.78. The van der Waals surface area contributed by atoms with Crippen LogP contribution in [0, 0.1) is 10.1 Å². The molecule has 30 heavy (non-hydrogen) atoms. The molecule has 3 aromatic carbocycles. The molecule has 0 saturated carbocycles. The minimum atomic E-state index is -4.34. The quantitative estimate of drug-likeness (QED) is 0.400. The smallest absolute Gasteiger partial charge is 0.280 e. The Balaban J connectivity index is 1.90.